The van der Waals surface area contributed by atoms with Crippen LogP contribution in [0.2, 0.25) is 0 Å². The molecular formula is C20H27N3O3. The standard InChI is InChI=1S/C20H27N3O3/c1-2-3-5-14-7-9-16(10-8-14)23-13-15(12-18(23)24)19(25)22-17-6-4-11-21-20(17)26/h7-10,15,17H,2-6,11-13H2,1H3,(H,21,26)(H,22,25)/t15-,17-/m0/s1. The lowest BCUT2D eigenvalue weighted by molar-refractivity contribution is -0.132. The lowest BCUT2D eigenvalue weighted by Crippen LogP contribution is -2.51. The van der Waals surface area contributed by atoms with Crippen LogP contribution in [0, 0.1) is 5.92 Å². The average Bonchev–Trinajstić information content (AvgIpc) is 3.04. The van der Waals surface area contributed by atoms with Crippen LogP contribution in [-0.2, 0) is 20.8 Å². The van der Waals surface area contributed by atoms with Gasteiger partial charge in [0.2, 0.25) is 17.7 Å². The van der Waals surface area contributed by atoms with Gasteiger partial charge in [-0.05, 0) is 43.4 Å². The summed E-state index contributed by atoms with van der Waals surface area (Å²) >= 11 is 0. The fourth-order valence-corrected chi connectivity index (χ4v) is 3.56. The van der Waals surface area contributed by atoms with E-state index in [4.69, 9.17) is 0 Å². The number of amides is 3. The molecule has 0 bridgehead atoms. The Balaban J connectivity index is 1.59. The van der Waals surface area contributed by atoms with Crippen molar-refractivity contribution >= 4 is 23.4 Å². The van der Waals surface area contributed by atoms with Crippen LogP contribution in [0.3, 0.4) is 0 Å². The number of carbonyl (C=O) groups is 3. The van der Waals surface area contributed by atoms with Crippen LogP contribution in [0.1, 0.15) is 44.6 Å². The number of hydrogen-bond acceptors (Lipinski definition) is 3. The highest BCUT2D eigenvalue weighted by Crippen LogP contribution is 2.26. The molecule has 2 saturated heterocycles. The highest BCUT2D eigenvalue weighted by atomic mass is 16.2. The highest BCUT2D eigenvalue weighted by molar-refractivity contribution is 6.01. The zero-order chi connectivity index (χ0) is 18.5. The summed E-state index contributed by atoms with van der Waals surface area (Å²) in [5.74, 6) is -0.785. The van der Waals surface area contributed by atoms with Crippen molar-refractivity contribution in [3.8, 4) is 0 Å². The Hall–Kier alpha value is -2.37. The first-order valence-corrected chi connectivity index (χ1v) is 9.56. The van der Waals surface area contributed by atoms with Crippen LogP contribution in [0.25, 0.3) is 0 Å². The molecule has 0 spiro atoms. The second-order valence-electron chi connectivity index (χ2n) is 7.17. The van der Waals surface area contributed by atoms with Gasteiger partial charge in [0.15, 0.2) is 0 Å². The molecule has 0 radical (unpaired) electrons. The number of aryl methyl sites for hydroxylation is 1. The van der Waals surface area contributed by atoms with E-state index in [-0.39, 0.29) is 24.1 Å². The lowest BCUT2D eigenvalue weighted by Gasteiger charge is -2.24. The van der Waals surface area contributed by atoms with Gasteiger partial charge in [-0.2, -0.15) is 0 Å². The Labute approximate surface area is 154 Å². The molecule has 2 atom stereocenters. The number of rotatable bonds is 6. The molecule has 6 nitrogen and oxygen atoms in total. The maximum Gasteiger partial charge on any atom is 0.242 e. The zero-order valence-corrected chi connectivity index (χ0v) is 15.3. The van der Waals surface area contributed by atoms with Crippen LogP contribution in [0.4, 0.5) is 5.69 Å². The summed E-state index contributed by atoms with van der Waals surface area (Å²) in [5, 5.41) is 5.57. The zero-order valence-electron chi connectivity index (χ0n) is 15.3. The fourth-order valence-electron chi connectivity index (χ4n) is 3.56. The average molecular weight is 357 g/mol. The third kappa shape index (κ3) is 4.23. The van der Waals surface area contributed by atoms with Crippen molar-refractivity contribution in [3.63, 3.8) is 0 Å². The minimum Gasteiger partial charge on any atom is -0.354 e. The van der Waals surface area contributed by atoms with Crippen molar-refractivity contribution in [3.05, 3.63) is 29.8 Å². The molecule has 2 fully saturated rings. The van der Waals surface area contributed by atoms with Crippen LogP contribution in [0.5, 0.6) is 0 Å². The van der Waals surface area contributed by atoms with Gasteiger partial charge in [0.25, 0.3) is 0 Å². The molecule has 0 aromatic heterocycles. The van der Waals surface area contributed by atoms with Crippen molar-refractivity contribution < 1.29 is 14.4 Å². The molecule has 1 aromatic rings. The van der Waals surface area contributed by atoms with Gasteiger partial charge in [-0.15, -0.1) is 0 Å². The maximum atomic E-state index is 12.5. The molecule has 1 aromatic carbocycles. The highest BCUT2D eigenvalue weighted by Gasteiger charge is 2.36. The van der Waals surface area contributed by atoms with Crippen LogP contribution >= 0.6 is 0 Å². The van der Waals surface area contributed by atoms with Crippen molar-refractivity contribution in [2.45, 2.75) is 51.5 Å². The predicted octanol–water partition coefficient (Wildman–Crippen LogP) is 1.78. The second kappa shape index (κ2) is 8.34. The van der Waals surface area contributed by atoms with Gasteiger partial charge in [-0.25, -0.2) is 0 Å². The Morgan fingerprint density at radius 2 is 2.04 bits per heavy atom. The number of piperidine rings is 1. The fraction of sp³-hybridized carbons (Fsp3) is 0.550. The number of benzene rings is 1. The van der Waals surface area contributed by atoms with Crippen molar-refractivity contribution in [2.75, 3.05) is 18.0 Å². The molecule has 2 N–H and O–H groups in total. The minimum atomic E-state index is -0.474. The molecule has 2 heterocycles. The first-order valence-electron chi connectivity index (χ1n) is 9.56. The normalized spacial score (nSPS) is 23.0. The molecule has 3 rings (SSSR count). The number of nitrogens with one attached hydrogen (secondary N) is 2. The van der Waals surface area contributed by atoms with E-state index in [1.165, 1.54) is 5.56 Å². The van der Waals surface area contributed by atoms with Gasteiger partial charge in [0.1, 0.15) is 6.04 Å². The summed E-state index contributed by atoms with van der Waals surface area (Å²) in [6, 6.07) is 7.55. The smallest absolute Gasteiger partial charge is 0.242 e. The third-order valence-corrected chi connectivity index (χ3v) is 5.16. The van der Waals surface area contributed by atoms with Crippen LogP contribution in [-0.4, -0.2) is 36.9 Å². The van der Waals surface area contributed by atoms with Crippen LogP contribution in [0.15, 0.2) is 24.3 Å². The van der Waals surface area contributed by atoms with Gasteiger partial charge in [-0.3, -0.25) is 14.4 Å². The molecule has 0 saturated carbocycles. The number of nitrogens with zero attached hydrogens (tertiary/aromatic N) is 1. The molecule has 0 aliphatic carbocycles. The molecule has 3 amide bonds. The van der Waals surface area contributed by atoms with Crippen molar-refractivity contribution in [2.24, 2.45) is 5.92 Å². The Morgan fingerprint density at radius 1 is 1.27 bits per heavy atom. The third-order valence-electron chi connectivity index (χ3n) is 5.16. The van der Waals surface area contributed by atoms with E-state index in [0.29, 0.717) is 19.5 Å². The van der Waals surface area contributed by atoms with Gasteiger partial charge < -0.3 is 15.5 Å². The van der Waals surface area contributed by atoms with E-state index in [1.807, 2.05) is 12.1 Å². The van der Waals surface area contributed by atoms with E-state index < -0.39 is 12.0 Å². The van der Waals surface area contributed by atoms with E-state index in [9.17, 15) is 14.4 Å². The molecular weight excluding hydrogens is 330 g/mol. The Morgan fingerprint density at radius 3 is 2.73 bits per heavy atom. The van der Waals surface area contributed by atoms with Gasteiger partial charge in [0.05, 0.1) is 5.92 Å². The first-order chi connectivity index (χ1) is 12.6. The van der Waals surface area contributed by atoms with E-state index in [2.05, 4.69) is 29.7 Å². The summed E-state index contributed by atoms with van der Waals surface area (Å²) in [5.41, 5.74) is 2.10. The van der Waals surface area contributed by atoms with E-state index in [1.54, 1.807) is 4.90 Å². The Kier molecular flexibility index (Phi) is 5.91. The summed E-state index contributed by atoms with van der Waals surface area (Å²) in [6.45, 7) is 3.20. The summed E-state index contributed by atoms with van der Waals surface area (Å²) in [6.07, 6.45) is 5.05. The first kappa shape index (κ1) is 18.4. The van der Waals surface area contributed by atoms with E-state index >= 15 is 0 Å². The summed E-state index contributed by atoms with van der Waals surface area (Å²) in [7, 11) is 0. The van der Waals surface area contributed by atoms with Gasteiger partial charge in [-0.1, -0.05) is 25.5 Å². The monoisotopic (exact) mass is 357 g/mol. The number of hydrogen-bond donors (Lipinski definition) is 2. The maximum absolute atomic E-state index is 12.5. The summed E-state index contributed by atoms with van der Waals surface area (Å²) in [4.78, 5) is 38.3. The van der Waals surface area contributed by atoms with Gasteiger partial charge >= 0.3 is 0 Å². The Bertz CT molecular complexity index is 671. The molecule has 140 valence electrons. The van der Waals surface area contributed by atoms with Gasteiger partial charge in [0, 0.05) is 25.2 Å². The number of unbranched alkanes of at least 4 members (excludes halogenated alkanes) is 1. The van der Waals surface area contributed by atoms with Crippen molar-refractivity contribution in [1.82, 2.24) is 10.6 Å². The number of carbonyl (C=O) groups excluding carboxylic acids is 3. The largest absolute Gasteiger partial charge is 0.354 e. The topological polar surface area (TPSA) is 78.5 Å². The van der Waals surface area contributed by atoms with Crippen molar-refractivity contribution in [1.29, 1.82) is 0 Å². The SMILES string of the molecule is CCCCc1ccc(N2C[C@@H](C(=O)N[C@H]3CCCNC3=O)CC2=O)cc1. The summed E-state index contributed by atoms with van der Waals surface area (Å²) < 4.78 is 0. The second-order valence-corrected chi connectivity index (χ2v) is 7.17. The van der Waals surface area contributed by atoms with Crippen LogP contribution < -0.4 is 15.5 Å². The molecule has 2 aliphatic rings. The number of anilines is 1. The molecule has 2 aliphatic heterocycles. The molecule has 0 unspecified atom stereocenters. The van der Waals surface area contributed by atoms with E-state index in [0.717, 1.165) is 31.4 Å². The predicted molar refractivity (Wildman–Crippen MR) is 99.7 cm³/mol. The minimum absolute atomic E-state index is 0.0421. The molecule has 26 heavy (non-hydrogen) atoms. The quantitative estimate of drug-likeness (QED) is 0.814. The lowest BCUT2D eigenvalue weighted by atomic mass is 10.0. The molecule has 6 heteroatoms.